The lowest BCUT2D eigenvalue weighted by Gasteiger charge is -2.20. The summed E-state index contributed by atoms with van der Waals surface area (Å²) in [5.74, 6) is 0. The Hall–Kier alpha value is -1.61. The van der Waals surface area contributed by atoms with Gasteiger partial charge in [-0.2, -0.15) is 5.10 Å². The topological polar surface area (TPSA) is 29.9 Å². The highest BCUT2D eigenvalue weighted by atomic mass is 15.3. The molecule has 3 nitrogen and oxygen atoms in total. The number of aryl methyl sites for hydroxylation is 4. The van der Waals surface area contributed by atoms with Crippen LogP contribution in [-0.2, 0) is 6.54 Å². The van der Waals surface area contributed by atoms with Crippen LogP contribution in [0.2, 0.25) is 0 Å². The van der Waals surface area contributed by atoms with Gasteiger partial charge in [-0.15, -0.1) is 0 Å². The molecule has 1 atom stereocenters. The second-order valence-electron chi connectivity index (χ2n) is 5.16. The third-order valence-corrected chi connectivity index (χ3v) is 3.63. The van der Waals surface area contributed by atoms with Crippen molar-refractivity contribution in [3.8, 4) is 0 Å². The van der Waals surface area contributed by atoms with Gasteiger partial charge in [0.05, 0.1) is 12.2 Å². The molecule has 0 saturated carbocycles. The van der Waals surface area contributed by atoms with Crippen LogP contribution in [-0.4, -0.2) is 16.8 Å². The summed E-state index contributed by atoms with van der Waals surface area (Å²) in [7, 11) is 2.01. The zero-order valence-corrected chi connectivity index (χ0v) is 12.5. The number of nitrogens with one attached hydrogen (secondary N) is 1. The Balaban J connectivity index is 2.47. The number of aromatic nitrogens is 2. The van der Waals surface area contributed by atoms with Crippen LogP contribution in [0.5, 0.6) is 0 Å². The Kier molecular flexibility index (Phi) is 4.05. The lowest BCUT2D eigenvalue weighted by molar-refractivity contribution is 0.652. The highest BCUT2D eigenvalue weighted by molar-refractivity contribution is 5.43. The predicted molar refractivity (Wildman–Crippen MR) is 79.5 cm³/mol. The van der Waals surface area contributed by atoms with Gasteiger partial charge in [0.15, 0.2) is 0 Å². The van der Waals surface area contributed by atoms with Crippen molar-refractivity contribution in [3.63, 3.8) is 0 Å². The fraction of sp³-hybridized carbons (Fsp3) is 0.438. The summed E-state index contributed by atoms with van der Waals surface area (Å²) >= 11 is 0. The molecular formula is C16H23N3. The van der Waals surface area contributed by atoms with Crippen molar-refractivity contribution in [1.29, 1.82) is 0 Å². The number of hydrogen-bond acceptors (Lipinski definition) is 2. The monoisotopic (exact) mass is 257 g/mol. The summed E-state index contributed by atoms with van der Waals surface area (Å²) in [4.78, 5) is 0. The van der Waals surface area contributed by atoms with Gasteiger partial charge in [-0.3, -0.25) is 4.68 Å². The SMILES string of the molecule is CCn1cc(C(NC)c2c(C)cc(C)cc2C)cn1. The van der Waals surface area contributed by atoms with E-state index in [9.17, 15) is 0 Å². The maximum absolute atomic E-state index is 4.38. The van der Waals surface area contributed by atoms with Crippen molar-refractivity contribution >= 4 is 0 Å². The van der Waals surface area contributed by atoms with E-state index in [-0.39, 0.29) is 6.04 Å². The summed E-state index contributed by atoms with van der Waals surface area (Å²) in [6.45, 7) is 9.52. The average Bonchev–Trinajstić information content (AvgIpc) is 2.81. The first-order valence-electron chi connectivity index (χ1n) is 6.84. The van der Waals surface area contributed by atoms with E-state index in [0.717, 1.165) is 6.54 Å². The molecule has 0 bridgehead atoms. The Morgan fingerprint density at radius 3 is 2.32 bits per heavy atom. The van der Waals surface area contributed by atoms with Crippen LogP contribution in [0.15, 0.2) is 24.5 Å². The average molecular weight is 257 g/mol. The minimum Gasteiger partial charge on any atom is -0.309 e. The van der Waals surface area contributed by atoms with Crippen LogP contribution in [0.25, 0.3) is 0 Å². The van der Waals surface area contributed by atoms with Crippen molar-refractivity contribution in [1.82, 2.24) is 15.1 Å². The molecule has 3 heteroatoms. The van der Waals surface area contributed by atoms with E-state index in [0.29, 0.717) is 0 Å². The smallest absolute Gasteiger partial charge is 0.0610 e. The van der Waals surface area contributed by atoms with Crippen LogP contribution in [0.3, 0.4) is 0 Å². The molecule has 1 heterocycles. The van der Waals surface area contributed by atoms with E-state index in [1.165, 1.54) is 27.8 Å². The number of nitrogens with zero attached hydrogens (tertiary/aromatic N) is 2. The van der Waals surface area contributed by atoms with E-state index >= 15 is 0 Å². The maximum atomic E-state index is 4.38. The second kappa shape index (κ2) is 5.57. The third-order valence-electron chi connectivity index (χ3n) is 3.63. The van der Waals surface area contributed by atoms with Gasteiger partial charge in [0.1, 0.15) is 0 Å². The van der Waals surface area contributed by atoms with Crippen LogP contribution in [0.4, 0.5) is 0 Å². The molecule has 0 aliphatic rings. The lowest BCUT2D eigenvalue weighted by Crippen LogP contribution is -2.19. The van der Waals surface area contributed by atoms with Crippen LogP contribution in [0.1, 0.15) is 40.8 Å². The minimum atomic E-state index is 0.209. The second-order valence-corrected chi connectivity index (χ2v) is 5.16. The Morgan fingerprint density at radius 2 is 1.84 bits per heavy atom. The molecular weight excluding hydrogens is 234 g/mol. The molecule has 1 N–H and O–H groups in total. The van der Waals surface area contributed by atoms with Gasteiger partial charge in [0, 0.05) is 18.3 Å². The molecule has 1 aromatic heterocycles. The zero-order chi connectivity index (χ0) is 14.0. The summed E-state index contributed by atoms with van der Waals surface area (Å²) < 4.78 is 1.97. The van der Waals surface area contributed by atoms with E-state index in [4.69, 9.17) is 0 Å². The third kappa shape index (κ3) is 2.71. The summed E-state index contributed by atoms with van der Waals surface area (Å²) in [5.41, 5.74) is 6.57. The molecule has 0 aliphatic carbocycles. The normalized spacial score (nSPS) is 12.7. The van der Waals surface area contributed by atoms with Gasteiger partial charge >= 0.3 is 0 Å². The number of rotatable bonds is 4. The van der Waals surface area contributed by atoms with Gasteiger partial charge in [0.2, 0.25) is 0 Å². The number of benzene rings is 1. The first-order valence-corrected chi connectivity index (χ1v) is 6.84. The predicted octanol–water partition coefficient (Wildman–Crippen LogP) is 3.14. The molecule has 102 valence electrons. The molecule has 2 rings (SSSR count). The summed E-state index contributed by atoms with van der Waals surface area (Å²) in [5, 5.41) is 7.80. The van der Waals surface area contributed by atoms with Crippen molar-refractivity contribution < 1.29 is 0 Å². The molecule has 0 fully saturated rings. The van der Waals surface area contributed by atoms with E-state index in [1.54, 1.807) is 0 Å². The van der Waals surface area contributed by atoms with Crippen LogP contribution in [0, 0.1) is 20.8 Å². The van der Waals surface area contributed by atoms with Gasteiger partial charge in [-0.05, 0) is 51.4 Å². The Bertz CT molecular complexity index is 546. The first-order chi connectivity index (χ1) is 9.06. The Morgan fingerprint density at radius 1 is 1.21 bits per heavy atom. The zero-order valence-electron chi connectivity index (χ0n) is 12.5. The highest BCUT2D eigenvalue weighted by Gasteiger charge is 2.18. The molecule has 0 saturated heterocycles. The van der Waals surface area contributed by atoms with E-state index < -0.39 is 0 Å². The van der Waals surface area contributed by atoms with Crippen molar-refractivity contribution in [2.24, 2.45) is 0 Å². The van der Waals surface area contributed by atoms with Gasteiger partial charge in [0.25, 0.3) is 0 Å². The van der Waals surface area contributed by atoms with Crippen LogP contribution >= 0.6 is 0 Å². The van der Waals surface area contributed by atoms with Crippen molar-refractivity contribution in [2.45, 2.75) is 40.3 Å². The quantitative estimate of drug-likeness (QED) is 0.912. The van der Waals surface area contributed by atoms with E-state index in [2.05, 4.69) is 56.4 Å². The molecule has 1 aromatic carbocycles. The molecule has 0 amide bonds. The standard InChI is InChI=1S/C16H23N3/c1-6-19-10-14(9-18-19)16(17-5)15-12(3)7-11(2)8-13(15)4/h7-10,16-17H,6H2,1-5H3. The molecule has 2 aromatic rings. The maximum Gasteiger partial charge on any atom is 0.0610 e. The summed E-state index contributed by atoms with van der Waals surface area (Å²) in [6.07, 6.45) is 4.09. The molecule has 1 unspecified atom stereocenters. The van der Waals surface area contributed by atoms with Crippen LogP contribution < -0.4 is 5.32 Å². The van der Waals surface area contributed by atoms with Gasteiger partial charge in [-0.1, -0.05) is 17.7 Å². The van der Waals surface area contributed by atoms with Crippen molar-refractivity contribution in [2.75, 3.05) is 7.05 Å². The van der Waals surface area contributed by atoms with E-state index in [1.807, 2.05) is 17.9 Å². The number of hydrogen-bond donors (Lipinski definition) is 1. The van der Waals surface area contributed by atoms with Gasteiger partial charge < -0.3 is 5.32 Å². The molecule has 0 spiro atoms. The van der Waals surface area contributed by atoms with Gasteiger partial charge in [-0.25, -0.2) is 0 Å². The summed E-state index contributed by atoms with van der Waals surface area (Å²) in [6, 6.07) is 4.70. The largest absolute Gasteiger partial charge is 0.309 e. The minimum absolute atomic E-state index is 0.209. The molecule has 0 radical (unpaired) electrons. The lowest BCUT2D eigenvalue weighted by atomic mass is 9.91. The highest BCUT2D eigenvalue weighted by Crippen LogP contribution is 2.28. The molecule has 0 aliphatic heterocycles. The first kappa shape index (κ1) is 13.8. The fourth-order valence-electron chi connectivity index (χ4n) is 2.83. The Labute approximate surface area is 115 Å². The molecule has 19 heavy (non-hydrogen) atoms. The fourth-order valence-corrected chi connectivity index (χ4v) is 2.83. The van der Waals surface area contributed by atoms with Crippen molar-refractivity contribution in [3.05, 3.63) is 52.3 Å².